The zero-order valence-corrected chi connectivity index (χ0v) is 16.3. The first kappa shape index (κ1) is 21.1. The molecule has 0 heterocycles. The number of hydrogen-bond donors (Lipinski definition) is 0. The van der Waals surface area contributed by atoms with Crippen LogP contribution in [0.15, 0.2) is 29.2 Å². The molecule has 0 fully saturated rings. The fourth-order valence-electron chi connectivity index (χ4n) is 2.51. The van der Waals surface area contributed by atoms with Crippen molar-refractivity contribution in [2.75, 3.05) is 0 Å². The van der Waals surface area contributed by atoms with Crippen LogP contribution in [0.25, 0.3) is 0 Å². The summed E-state index contributed by atoms with van der Waals surface area (Å²) in [6, 6.07) is 6.42. The van der Waals surface area contributed by atoms with Crippen LogP contribution in [0.3, 0.4) is 0 Å². The third kappa shape index (κ3) is 7.80. The van der Waals surface area contributed by atoms with E-state index in [-0.39, 0.29) is 34.5 Å². The Hall–Kier alpha value is 0.130. The van der Waals surface area contributed by atoms with Crippen LogP contribution in [-0.2, 0) is 10.1 Å². The third-order valence-electron chi connectivity index (χ3n) is 3.79. The van der Waals surface area contributed by atoms with Crippen molar-refractivity contribution in [2.24, 2.45) is 0 Å². The first-order valence-corrected chi connectivity index (χ1v) is 8.95. The minimum absolute atomic E-state index is 0. The van der Waals surface area contributed by atoms with Gasteiger partial charge in [-0.25, -0.2) is 8.42 Å². The van der Waals surface area contributed by atoms with E-state index in [1.807, 2.05) is 0 Å². The predicted molar refractivity (Wildman–Crippen MR) is 80.8 cm³/mol. The molecule has 0 spiro atoms. The van der Waals surface area contributed by atoms with E-state index < -0.39 is 10.1 Å². The van der Waals surface area contributed by atoms with Crippen molar-refractivity contribution >= 4 is 10.1 Å². The van der Waals surface area contributed by atoms with Crippen LogP contribution in [0.4, 0.5) is 0 Å². The topological polar surface area (TPSA) is 57.2 Å². The molecule has 1 aromatic carbocycles. The molecule has 0 radical (unpaired) electrons. The molecule has 114 valence electrons. The zero-order chi connectivity index (χ0) is 15.0. The van der Waals surface area contributed by atoms with Gasteiger partial charge in [0.05, 0.1) is 4.90 Å². The van der Waals surface area contributed by atoms with Crippen LogP contribution in [-0.4, -0.2) is 13.0 Å². The maximum absolute atomic E-state index is 10.9. The van der Waals surface area contributed by atoms with Gasteiger partial charge in [-0.15, -0.1) is 0 Å². The summed E-state index contributed by atoms with van der Waals surface area (Å²) in [4.78, 5) is -0.140. The first-order chi connectivity index (χ1) is 9.49. The van der Waals surface area contributed by atoms with Crippen LogP contribution in [0, 0.1) is 0 Å². The average Bonchev–Trinajstić information content (AvgIpc) is 2.42. The van der Waals surface area contributed by atoms with E-state index in [4.69, 9.17) is 0 Å². The normalized spacial score (nSPS) is 12.7. The van der Waals surface area contributed by atoms with Gasteiger partial charge in [0.25, 0.3) is 0 Å². The van der Waals surface area contributed by atoms with Crippen molar-refractivity contribution in [3.05, 3.63) is 29.8 Å². The zero-order valence-electron chi connectivity index (χ0n) is 13.5. The summed E-state index contributed by atoms with van der Waals surface area (Å²) in [5.74, 6) is 0.458. The standard InChI is InChI=1S/C16H26O3S.Na/c1-3-5-6-7-8-9-14(4-2)15-10-12-16(13-11-15)20(17,18)19;/h10-14H,3-9H2,1-2H3,(H,17,18,19);/q;+1/p-1. The molecule has 1 unspecified atom stereocenters. The fraction of sp³-hybridized carbons (Fsp3) is 0.625. The van der Waals surface area contributed by atoms with E-state index in [0.717, 1.165) is 18.4 Å². The molecule has 0 bridgehead atoms. The summed E-state index contributed by atoms with van der Waals surface area (Å²) in [5.41, 5.74) is 1.13. The molecule has 1 aromatic rings. The van der Waals surface area contributed by atoms with Gasteiger partial charge in [0, 0.05) is 0 Å². The molecule has 0 aromatic heterocycles. The molecule has 0 saturated heterocycles. The second-order valence-corrected chi connectivity index (χ2v) is 6.71. The van der Waals surface area contributed by atoms with Crippen LogP contribution < -0.4 is 29.6 Å². The molecular weight excluding hydrogens is 295 g/mol. The third-order valence-corrected chi connectivity index (χ3v) is 4.64. The molecule has 0 aliphatic heterocycles. The summed E-state index contributed by atoms with van der Waals surface area (Å²) < 4.78 is 32.7. The SMILES string of the molecule is CCCCCCCC(CC)c1ccc(S(=O)(=O)[O-])cc1.[Na+]. The van der Waals surface area contributed by atoms with E-state index in [9.17, 15) is 13.0 Å². The van der Waals surface area contributed by atoms with Crippen LogP contribution in [0.5, 0.6) is 0 Å². The van der Waals surface area contributed by atoms with Crippen molar-refractivity contribution in [3.63, 3.8) is 0 Å². The Morgan fingerprint density at radius 2 is 1.57 bits per heavy atom. The second-order valence-electron chi connectivity index (χ2n) is 5.33. The predicted octanol–water partition coefficient (Wildman–Crippen LogP) is 1.45. The molecular formula is C16H25NaO3S. The smallest absolute Gasteiger partial charge is 0.744 e. The maximum atomic E-state index is 10.9. The summed E-state index contributed by atoms with van der Waals surface area (Å²) in [7, 11) is -4.33. The maximum Gasteiger partial charge on any atom is 1.00 e. The number of rotatable bonds is 9. The Morgan fingerprint density at radius 1 is 1.00 bits per heavy atom. The molecule has 3 nitrogen and oxygen atoms in total. The minimum atomic E-state index is -4.33. The summed E-state index contributed by atoms with van der Waals surface area (Å²) in [6.07, 6.45) is 8.48. The molecule has 0 N–H and O–H groups in total. The molecule has 1 atom stereocenters. The number of hydrogen-bond acceptors (Lipinski definition) is 3. The van der Waals surface area contributed by atoms with Crippen molar-refractivity contribution in [2.45, 2.75) is 69.6 Å². The molecule has 5 heteroatoms. The van der Waals surface area contributed by atoms with Gasteiger partial charge in [-0.2, -0.15) is 0 Å². The van der Waals surface area contributed by atoms with Gasteiger partial charge in [-0.05, 0) is 36.5 Å². The Bertz CT molecular complexity index is 483. The molecule has 0 amide bonds. The number of unbranched alkanes of at least 4 members (excludes halogenated alkanes) is 4. The quantitative estimate of drug-likeness (QED) is 0.393. The summed E-state index contributed by atoms with van der Waals surface area (Å²) >= 11 is 0. The van der Waals surface area contributed by atoms with Gasteiger partial charge in [0.2, 0.25) is 0 Å². The summed E-state index contributed by atoms with van der Waals surface area (Å²) in [6.45, 7) is 4.36. The minimum Gasteiger partial charge on any atom is -0.744 e. The van der Waals surface area contributed by atoms with E-state index >= 15 is 0 Å². The van der Waals surface area contributed by atoms with Crippen LogP contribution >= 0.6 is 0 Å². The molecule has 1 rings (SSSR count). The number of benzene rings is 1. The second kappa shape index (κ2) is 10.8. The Labute approximate surface area is 151 Å². The van der Waals surface area contributed by atoms with E-state index in [1.165, 1.54) is 44.2 Å². The molecule has 0 aliphatic carbocycles. The molecule has 0 saturated carbocycles. The van der Waals surface area contributed by atoms with Gasteiger partial charge >= 0.3 is 29.6 Å². The average molecular weight is 320 g/mol. The fourth-order valence-corrected chi connectivity index (χ4v) is 2.98. The molecule has 0 aliphatic rings. The van der Waals surface area contributed by atoms with Crippen LogP contribution in [0.1, 0.15) is 70.3 Å². The Morgan fingerprint density at radius 3 is 2.05 bits per heavy atom. The monoisotopic (exact) mass is 320 g/mol. The van der Waals surface area contributed by atoms with Crippen LogP contribution in [0.2, 0.25) is 0 Å². The van der Waals surface area contributed by atoms with Crippen molar-refractivity contribution in [1.82, 2.24) is 0 Å². The largest absolute Gasteiger partial charge is 1.00 e. The van der Waals surface area contributed by atoms with E-state index in [0.29, 0.717) is 5.92 Å². The van der Waals surface area contributed by atoms with Crippen molar-refractivity contribution in [1.29, 1.82) is 0 Å². The Kier molecular flexibility index (Phi) is 10.9. The van der Waals surface area contributed by atoms with Gasteiger partial charge in [0.15, 0.2) is 0 Å². The van der Waals surface area contributed by atoms with Crippen molar-refractivity contribution < 1.29 is 42.5 Å². The van der Waals surface area contributed by atoms with Crippen molar-refractivity contribution in [3.8, 4) is 0 Å². The Balaban J connectivity index is 0.00000400. The summed E-state index contributed by atoms with van der Waals surface area (Å²) in [5, 5.41) is 0. The van der Waals surface area contributed by atoms with Gasteiger partial charge < -0.3 is 4.55 Å². The first-order valence-electron chi connectivity index (χ1n) is 7.54. The van der Waals surface area contributed by atoms with Gasteiger partial charge in [-0.3, -0.25) is 0 Å². The van der Waals surface area contributed by atoms with E-state index in [2.05, 4.69) is 13.8 Å². The van der Waals surface area contributed by atoms with Gasteiger partial charge in [0.1, 0.15) is 10.1 Å². The van der Waals surface area contributed by atoms with Gasteiger partial charge in [-0.1, -0.05) is 58.1 Å². The van der Waals surface area contributed by atoms with E-state index in [1.54, 1.807) is 12.1 Å². The molecule has 21 heavy (non-hydrogen) atoms.